The fourth-order valence-electron chi connectivity index (χ4n) is 5.35. The molecule has 0 amide bonds. The molecule has 1 aliphatic carbocycles. The predicted molar refractivity (Wildman–Crippen MR) is 147 cm³/mol. The Balaban J connectivity index is 1.54. The SMILES string of the molecule is CCOC(=O)C1(C(=O)c2ccccc2)Cc2nnn(Cc3ccccc3)c2-c2c(nnn2Cc2ccccc2)C1. The summed E-state index contributed by atoms with van der Waals surface area (Å²) in [5.74, 6) is -0.932. The maximum absolute atomic E-state index is 14.2. The van der Waals surface area contributed by atoms with Gasteiger partial charge >= 0.3 is 5.97 Å². The van der Waals surface area contributed by atoms with Crippen LogP contribution in [-0.2, 0) is 35.5 Å². The van der Waals surface area contributed by atoms with Gasteiger partial charge in [-0.3, -0.25) is 9.59 Å². The quantitative estimate of drug-likeness (QED) is 0.168. The first kappa shape index (κ1) is 25.4. The van der Waals surface area contributed by atoms with E-state index >= 15 is 0 Å². The molecule has 0 spiro atoms. The van der Waals surface area contributed by atoms with E-state index < -0.39 is 11.4 Å². The fraction of sp³-hybridized carbons (Fsp3) is 0.226. The molecule has 6 rings (SSSR count). The van der Waals surface area contributed by atoms with Gasteiger partial charge in [-0.15, -0.1) is 10.2 Å². The Morgan fingerprint density at radius 2 is 1.18 bits per heavy atom. The van der Waals surface area contributed by atoms with Crippen molar-refractivity contribution in [2.24, 2.45) is 5.41 Å². The van der Waals surface area contributed by atoms with Gasteiger partial charge in [-0.05, 0) is 18.1 Å². The number of benzene rings is 3. The van der Waals surface area contributed by atoms with Gasteiger partial charge in [0.05, 0.1) is 31.1 Å². The average Bonchev–Trinajstić information content (AvgIpc) is 3.51. The number of hydrogen-bond acceptors (Lipinski definition) is 7. The summed E-state index contributed by atoms with van der Waals surface area (Å²) in [6.07, 6.45) is 0.0662. The molecule has 3 aromatic carbocycles. The Hall–Kier alpha value is -4.92. The van der Waals surface area contributed by atoms with Gasteiger partial charge in [0, 0.05) is 18.4 Å². The number of carbonyl (C=O) groups excluding carboxylic acids is 2. The summed E-state index contributed by atoms with van der Waals surface area (Å²) in [4.78, 5) is 27.9. The van der Waals surface area contributed by atoms with E-state index in [9.17, 15) is 9.59 Å². The summed E-state index contributed by atoms with van der Waals surface area (Å²) >= 11 is 0. The van der Waals surface area contributed by atoms with Gasteiger partial charge in [0.15, 0.2) is 5.78 Å². The van der Waals surface area contributed by atoms with Crippen molar-refractivity contribution in [1.29, 1.82) is 0 Å². The second-order valence-corrected chi connectivity index (χ2v) is 9.91. The number of ether oxygens (including phenoxy) is 1. The van der Waals surface area contributed by atoms with Crippen LogP contribution in [0.4, 0.5) is 0 Å². The molecule has 9 heteroatoms. The van der Waals surface area contributed by atoms with Crippen LogP contribution in [0.5, 0.6) is 0 Å². The molecule has 2 aromatic heterocycles. The molecule has 2 heterocycles. The molecule has 200 valence electrons. The fourth-order valence-corrected chi connectivity index (χ4v) is 5.35. The summed E-state index contributed by atoms with van der Waals surface area (Å²) in [6.45, 7) is 2.79. The number of rotatable bonds is 8. The van der Waals surface area contributed by atoms with Crippen molar-refractivity contribution in [3.8, 4) is 11.4 Å². The van der Waals surface area contributed by atoms with Gasteiger partial charge in [0.1, 0.15) is 16.8 Å². The summed E-state index contributed by atoms with van der Waals surface area (Å²) in [5, 5.41) is 18.1. The number of hydrogen-bond donors (Lipinski definition) is 0. The highest BCUT2D eigenvalue weighted by atomic mass is 16.5. The highest BCUT2D eigenvalue weighted by Gasteiger charge is 2.52. The number of ketones is 1. The second-order valence-electron chi connectivity index (χ2n) is 9.91. The number of carbonyl (C=O) groups is 2. The van der Waals surface area contributed by atoms with Crippen LogP contribution in [0.25, 0.3) is 11.4 Å². The predicted octanol–water partition coefficient (Wildman–Crippen LogP) is 4.16. The second kappa shape index (κ2) is 10.7. The zero-order valence-corrected chi connectivity index (χ0v) is 22.1. The third-order valence-electron chi connectivity index (χ3n) is 7.26. The van der Waals surface area contributed by atoms with E-state index in [2.05, 4.69) is 20.6 Å². The van der Waals surface area contributed by atoms with Gasteiger partial charge in [0.2, 0.25) is 0 Å². The number of fused-ring (bicyclic) bond motifs is 3. The molecule has 0 atom stereocenters. The minimum atomic E-state index is -1.57. The van der Waals surface area contributed by atoms with Crippen LogP contribution in [0.15, 0.2) is 91.0 Å². The van der Waals surface area contributed by atoms with Crippen LogP contribution >= 0.6 is 0 Å². The first-order valence-corrected chi connectivity index (χ1v) is 13.3. The van der Waals surface area contributed by atoms with Gasteiger partial charge < -0.3 is 4.74 Å². The van der Waals surface area contributed by atoms with Crippen molar-refractivity contribution < 1.29 is 14.3 Å². The third kappa shape index (κ3) is 4.59. The van der Waals surface area contributed by atoms with Crippen molar-refractivity contribution in [2.45, 2.75) is 32.9 Å². The molecule has 9 nitrogen and oxygen atoms in total. The van der Waals surface area contributed by atoms with Crippen LogP contribution in [0.2, 0.25) is 0 Å². The lowest BCUT2D eigenvalue weighted by molar-refractivity contribution is -0.152. The number of Topliss-reactive ketones (excluding diaryl/α,β-unsaturated/α-hetero) is 1. The smallest absolute Gasteiger partial charge is 0.320 e. The Bertz CT molecular complexity index is 1560. The average molecular weight is 533 g/mol. The number of nitrogens with zero attached hydrogens (tertiary/aromatic N) is 6. The largest absolute Gasteiger partial charge is 0.465 e. The van der Waals surface area contributed by atoms with Crippen molar-refractivity contribution in [3.63, 3.8) is 0 Å². The maximum Gasteiger partial charge on any atom is 0.320 e. The number of esters is 1. The van der Waals surface area contributed by atoms with E-state index in [1.807, 2.05) is 76.1 Å². The maximum atomic E-state index is 14.2. The number of aromatic nitrogens is 6. The standard InChI is InChI=1S/C31H28N6O3/c1-2-40-30(39)31(29(38)24-16-10-5-11-17-24)18-25-27(36(34-32-25)20-22-12-6-3-7-13-22)28-26(19-31)33-35-37(28)21-23-14-8-4-9-15-23/h3-17H,2,18-21H2,1H3. The normalized spacial score (nSPS) is 13.6. The third-order valence-corrected chi connectivity index (χ3v) is 7.26. The first-order chi connectivity index (χ1) is 19.6. The molecular weight excluding hydrogens is 504 g/mol. The zero-order valence-electron chi connectivity index (χ0n) is 22.1. The van der Waals surface area contributed by atoms with E-state index in [1.54, 1.807) is 31.2 Å². The van der Waals surface area contributed by atoms with Gasteiger partial charge in [-0.1, -0.05) is 101 Å². The molecule has 1 aliphatic rings. The Morgan fingerprint density at radius 3 is 1.62 bits per heavy atom. The highest BCUT2D eigenvalue weighted by molar-refractivity contribution is 6.13. The molecular formula is C31H28N6O3. The molecule has 0 fully saturated rings. The molecule has 0 radical (unpaired) electrons. The Labute approximate surface area is 231 Å². The molecule has 0 aliphatic heterocycles. The van der Waals surface area contributed by atoms with Gasteiger partial charge in [-0.25, -0.2) is 9.36 Å². The van der Waals surface area contributed by atoms with Gasteiger partial charge in [0.25, 0.3) is 0 Å². The van der Waals surface area contributed by atoms with Crippen molar-refractivity contribution in [1.82, 2.24) is 30.0 Å². The van der Waals surface area contributed by atoms with Crippen LogP contribution < -0.4 is 0 Å². The zero-order chi connectivity index (χ0) is 27.5. The summed E-state index contributed by atoms with van der Waals surface area (Å²) in [5.41, 5.74) is 3.40. The molecule has 5 aromatic rings. The van der Waals surface area contributed by atoms with Crippen LogP contribution in [0.3, 0.4) is 0 Å². The van der Waals surface area contributed by atoms with Crippen molar-refractivity contribution in [3.05, 3.63) is 119 Å². The van der Waals surface area contributed by atoms with Crippen LogP contribution in [0, 0.1) is 5.41 Å². The molecule has 0 saturated carbocycles. The Morgan fingerprint density at radius 1 is 0.725 bits per heavy atom. The minimum absolute atomic E-state index is 0.0331. The lowest BCUT2D eigenvalue weighted by Gasteiger charge is -2.28. The molecule has 0 N–H and O–H groups in total. The lowest BCUT2D eigenvalue weighted by atomic mass is 9.74. The van der Waals surface area contributed by atoms with E-state index in [0.29, 0.717) is 41.4 Å². The minimum Gasteiger partial charge on any atom is -0.465 e. The van der Waals surface area contributed by atoms with Crippen LogP contribution in [0.1, 0.15) is 39.8 Å². The van der Waals surface area contributed by atoms with Crippen molar-refractivity contribution >= 4 is 11.8 Å². The summed E-state index contributed by atoms with van der Waals surface area (Å²) in [7, 11) is 0. The molecule has 0 unspecified atom stereocenters. The molecule has 40 heavy (non-hydrogen) atoms. The summed E-state index contributed by atoms with van der Waals surface area (Å²) < 4.78 is 9.16. The molecule has 0 saturated heterocycles. The summed E-state index contributed by atoms with van der Waals surface area (Å²) in [6, 6.07) is 28.7. The van der Waals surface area contributed by atoms with Crippen LogP contribution in [-0.4, -0.2) is 48.3 Å². The van der Waals surface area contributed by atoms with Crippen molar-refractivity contribution in [2.75, 3.05) is 6.61 Å². The van der Waals surface area contributed by atoms with E-state index in [4.69, 9.17) is 4.74 Å². The first-order valence-electron chi connectivity index (χ1n) is 13.3. The Kier molecular flexibility index (Phi) is 6.77. The highest BCUT2D eigenvalue weighted by Crippen LogP contribution is 2.41. The topological polar surface area (TPSA) is 105 Å². The van der Waals surface area contributed by atoms with E-state index in [0.717, 1.165) is 11.1 Å². The van der Waals surface area contributed by atoms with Gasteiger partial charge in [-0.2, -0.15) is 0 Å². The lowest BCUT2D eigenvalue weighted by Crippen LogP contribution is -2.44. The molecule has 0 bridgehead atoms. The monoisotopic (exact) mass is 532 g/mol. The van der Waals surface area contributed by atoms with E-state index in [1.165, 1.54) is 0 Å². The van der Waals surface area contributed by atoms with E-state index in [-0.39, 0.29) is 25.2 Å².